The van der Waals surface area contributed by atoms with E-state index >= 15 is 0 Å². The summed E-state index contributed by atoms with van der Waals surface area (Å²) in [5.41, 5.74) is 1.43. The highest BCUT2D eigenvalue weighted by molar-refractivity contribution is 5.27. The number of unbranched alkanes of at least 4 members (excludes halogenated alkanes) is 4. The van der Waals surface area contributed by atoms with Crippen LogP contribution >= 0.6 is 0 Å². The van der Waals surface area contributed by atoms with Gasteiger partial charge in [-0.25, -0.2) is 0 Å². The highest BCUT2D eigenvalue weighted by Crippen LogP contribution is 2.15. The first-order valence-electron chi connectivity index (χ1n) is 9.07. The Hall–Kier alpha value is -1.02. The first-order valence-corrected chi connectivity index (χ1v) is 9.07. The third-order valence-corrected chi connectivity index (χ3v) is 3.90. The molecule has 126 valence electrons. The molecule has 1 rings (SSSR count). The quantitative estimate of drug-likeness (QED) is 0.535. The van der Waals surface area contributed by atoms with Crippen molar-refractivity contribution in [1.29, 1.82) is 0 Å². The van der Waals surface area contributed by atoms with Crippen molar-refractivity contribution >= 4 is 0 Å². The van der Waals surface area contributed by atoms with Gasteiger partial charge in [-0.2, -0.15) is 0 Å². The molecule has 2 nitrogen and oxygen atoms in total. The molecule has 22 heavy (non-hydrogen) atoms. The maximum atomic E-state index is 5.87. The van der Waals surface area contributed by atoms with Crippen molar-refractivity contribution in [2.45, 2.75) is 72.3 Å². The molecule has 0 aromatic heterocycles. The Kier molecular flexibility index (Phi) is 9.98. The summed E-state index contributed by atoms with van der Waals surface area (Å²) >= 11 is 0. The number of ether oxygens (including phenoxy) is 1. The van der Waals surface area contributed by atoms with E-state index in [0.29, 0.717) is 12.0 Å². The maximum Gasteiger partial charge on any atom is 0.119 e. The van der Waals surface area contributed by atoms with E-state index in [9.17, 15) is 0 Å². The molecule has 1 aromatic rings. The molecule has 2 heteroatoms. The predicted octanol–water partition coefficient (Wildman–Crippen LogP) is 5.21. The Morgan fingerprint density at radius 2 is 1.64 bits per heavy atom. The molecule has 0 saturated carbocycles. The molecule has 0 radical (unpaired) electrons. The van der Waals surface area contributed by atoms with Crippen molar-refractivity contribution in [3.63, 3.8) is 0 Å². The van der Waals surface area contributed by atoms with E-state index in [2.05, 4.69) is 57.3 Å². The molecule has 0 aliphatic rings. The van der Waals surface area contributed by atoms with Crippen LogP contribution in [0.5, 0.6) is 5.75 Å². The number of hydrogen-bond donors (Lipinski definition) is 1. The Morgan fingerprint density at radius 1 is 0.955 bits per heavy atom. The number of nitrogens with one attached hydrogen (secondary N) is 1. The average molecular weight is 306 g/mol. The van der Waals surface area contributed by atoms with E-state index in [1.165, 1.54) is 44.1 Å². The molecule has 1 N–H and O–H groups in total. The van der Waals surface area contributed by atoms with Gasteiger partial charge in [-0.1, -0.05) is 65.5 Å². The third kappa shape index (κ3) is 9.09. The van der Waals surface area contributed by atoms with E-state index < -0.39 is 0 Å². The van der Waals surface area contributed by atoms with Gasteiger partial charge in [0.2, 0.25) is 0 Å². The lowest BCUT2D eigenvalue weighted by molar-refractivity contribution is 0.253. The summed E-state index contributed by atoms with van der Waals surface area (Å²) in [6.45, 7) is 10.6. The molecule has 0 heterocycles. The number of benzene rings is 1. The standard InChI is InChI=1S/C20H35NO/c1-5-6-7-8-9-10-19-11-13-20(14-12-19)22-16-18(4)15-21-17(2)3/h11-14,17-18,21H,5-10,15-16H2,1-4H3. The summed E-state index contributed by atoms with van der Waals surface area (Å²) in [5.74, 6) is 1.52. The molecule has 0 amide bonds. The zero-order valence-electron chi connectivity index (χ0n) is 15.0. The minimum Gasteiger partial charge on any atom is -0.493 e. The Labute approximate surface area is 137 Å². The van der Waals surface area contributed by atoms with Gasteiger partial charge in [-0.3, -0.25) is 0 Å². The van der Waals surface area contributed by atoms with Crippen molar-refractivity contribution in [3.8, 4) is 5.75 Å². The van der Waals surface area contributed by atoms with Gasteiger partial charge in [0, 0.05) is 18.5 Å². The fraction of sp³-hybridized carbons (Fsp3) is 0.700. The number of hydrogen-bond acceptors (Lipinski definition) is 2. The topological polar surface area (TPSA) is 21.3 Å². The summed E-state index contributed by atoms with van der Waals surface area (Å²) in [6, 6.07) is 9.20. The zero-order chi connectivity index (χ0) is 16.2. The highest BCUT2D eigenvalue weighted by atomic mass is 16.5. The smallest absolute Gasteiger partial charge is 0.119 e. The van der Waals surface area contributed by atoms with Gasteiger partial charge in [-0.15, -0.1) is 0 Å². The van der Waals surface area contributed by atoms with Crippen LogP contribution in [0.3, 0.4) is 0 Å². The van der Waals surface area contributed by atoms with E-state index in [1.54, 1.807) is 0 Å². The summed E-state index contributed by atoms with van der Waals surface area (Å²) in [7, 11) is 0. The van der Waals surface area contributed by atoms with Crippen molar-refractivity contribution in [3.05, 3.63) is 29.8 Å². The molecule has 1 aromatic carbocycles. The SMILES string of the molecule is CCCCCCCc1ccc(OCC(C)CNC(C)C)cc1. The second-order valence-electron chi connectivity index (χ2n) is 6.79. The molecule has 0 aliphatic heterocycles. The molecule has 0 fully saturated rings. The van der Waals surface area contributed by atoms with Gasteiger partial charge >= 0.3 is 0 Å². The lowest BCUT2D eigenvalue weighted by atomic mass is 10.1. The Balaban J connectivity index is 2.21. The van der Waals surface area contributed by atoms with E-state index in [-0.39, 0.29) is 0 Å². The molecule has 1 unspecified atom stereocenters. The average Bonchev–Trinajstić information content (AvgIpc) is 2.52. The molecule has 0 spiro atoms. The lowest BCUT2D eigenvalue weighted by Crippen LogP contribution is -2.30. The van der Waals surface area contributed by atoms with Crippen LogP contribution in [0.15, 0.2) is 24.3 Å². The van der Waals surface area contributed by atoms with Crippen LogP contribution in [-0.4, -0.2) is 19.2 Å². The molecule has 1 atom stereocenters. The number of rotatable bonds is 12. The summed E-state index contributed by atoms with van der Waals surface area (Å²) < 4.78 is 5.87. The second-order valence-corrected chi connectivity index (χ2v) is 6.79. The summed E-state index contributed by atoms with van der Waals surface area (Å²) in [5, 5.41) is 3.45. The molecular formula is C20H35NO. The normalized spacial score (nSPS) is 12.6. The van der Waals surface area contributed by atoms with Gasteiger partial charge in [0.15, 0.2) is 0 Å². The minimum atomic E-state index is 0.528. The largest absolute Gasteiger partial charge is 0.493 e. The monoisotopic (exact) mass is 305 g/mol. The van der Waals surface area contributed by atoms with Crippen LogP contribution in [0.4, 0.5) is 0 Å². The van der Waals surface area contributed by atoms with Crippen LogP contribution in [0.25, 0.3) is 0 Å². The summed E-state index contributed by atoms with van der Waals surface area (Å²) in [6.07, 6.45) is 7.91. The van der Waals surface area contributed by atoms with Gasteiger partial charge in [0.1, 0.15) is 5.75 Å². The molecular weight excluding hydrogens is 270 g/mol. The third-order valence-electron chi connectivity index (χ3n) is 3.90. The van der Waals surface area contributed by atoms with Crippen LogP contribution in [-0.2, 0) is 6.42 Å². The van der Waals surface area contributed by atoms with Crippen molar-refractivity contribution in [1.82, 2.24) is 5.32 Å². The molecule has 0 saturated heterocycles. The van der Waals surface area contributed by atoms with E-state index in [4.69, 9.17) is 4.74 Å². The van der Waals surface area contributed by atoms with Gasteiger partial charge in [0.25, 0.3) is 0 Å². The van der Waals surface area contributed by atoms with Crippen molar-refractivity contribution in [2.24, 2.45) is 5.92 Å². The van der Waals surface area contributed by atoms with Crippen molar-refractivity contribution in [2.75, 3.05) is 13.2 Å². The Bertz CT molecular complexity index is 372. The fourth-order valence-corrected chi connectivity index (χ4v) is 2.42. The van der Waals surface area contributed by atoms with Crippen LogP contribution in [0, 0.1) is 5.92 Å². The lowest BCUT2D eigenvalue weighted by Gasteiger charge is -2.16. The summed E-state index contributed by atoms with van der Waals surface area (Å²) in [4.78, 5) is 0. The molecule has 0 bridgehead atoms. The Morgan fingerprint density at radius 3 is 2.27 bits per heavy atom. The first-order chi connectivity index (χ1) is 10.6. The van der Waals surface area contributed by atoms with Gasteiger partial charge in [0.05, 0.1) is 6.61 Å². The fourth-order valence-electron chi connectivity index (χ4n) is 2.42. The van der Waals surface area contributed by atoms with Gasteiger partial charge < -0.3 is 10.1 Å². The first kappa shape index (κ1) is 19.0. The van der Waals surface area contributed by atoms with Gasteiger partial charge in [-0.05, 0) is 30.5 Å². The minimum absolute atomic E-state index is 0.528. The van der Waals surface area contributed by atoms with E-state index in [1.807, 2.05) is 0 Å². The second kappa shape index (κ2) is 11.5. The zero-order valence-corrected chi connectivity index (χ0v) is 15.0. The van der Waals surface area contributed by atoms with Crippen LogP contribution in [0.2, 0.25) is 0 Å². The van der Waals surface area contributed by atoms with Crippen LogP contribution < -0.4 is 10.1 Å². The maximum absolute atomic E-state index is 5.87. The number of aryl methyl sites for hydroxylation is 1. The van der Waals surface area contributed by atoms with Crippen LogP contribution in [0.1, 0.15) is 65.4 Å². The van der Waals surface area contributed by atoms with E-state index in [0.717, 1.165) is 18.9 Å². The van der Waals surface area contributed by atoms with Crippen molar-refractivity contribution < 1.29 is 4.74 Å². The predicted molar refractivity (Wildman–Crippen MR) is 96.7 cm³/mol. The highest BCUT2D eigenvalue weighted by Gasteiger charge is 2.04. The molecule has 0 aliphatic carbocycles.